The number of ether oxygens (including phenoxy) is 5. The number of nitro groups is 1. The molecule has 0 aliphatic carbocycles. The highest BCUT2D eigenvalue weighted by molar-refractivity contribution is 5.71. The molecule has 3 saturated heterocycles. The van der Waals surface area contributed by atoms with Gasteiger partial charge in [-0.2, -0.15) is 0 Å². The van der Waals surface area contributed by atoms with Gasteiger partial charge in [-0.1, -0.05) is 6.07 Å². The molecule has 9 nitrogen and oxygen atoms in total. The summed E-state index contributed by atoms with van der Waals surface area (Å²) in [7, 11) is 0. The fourth-order valence-corrected chi connectivity index (χ4v) is 4.53. The molecule has 4 heterocycles. The highest BCUT2D eigenvalue weighted by Gasteiger charge is 2.60. The van der Waals surface area contributed by atoms with Crippen molar-refractivity contribution in [3.8, 4) is 17.0 Å². The molecule has 1 aromatic heterocycles. The van der Waals surface area contributed by atoms with E-state index in [1.54, 1.807) is 12.1 Å². The number of pyridine rings is 1. The number of nitrogens with zero attached hydrogens (tertiary/aromatic N) is 2. The second kappa shape index (κ2) is 9.34. The Kier molecular flexibility index (Phi) is 6.29. The number of fused-ring (bicyclic) bond motifs is 1. The van der Waals surface area contributed by atoms with E-state index in [2.05, 4.69) is 0 Å². The number of hydrogen-bond donors (Lipinski definition) is 0. The summed E-state index contributed by atoms with van der Waals surface area (Å²) < 4.78 is 28.8. The lowest BCUT2D eigenvalue weighted by molar-refractivity contribution is -0.384. The Balaban J connectivity index is 1.39. The van der Waals surface area contributed by atoms with Crippen molar-refractivity contribution in [2.45, 2.75) is 50.6 Å². The highest BCUT2D eigenvalue weighted by atomic mass is 16.7. The monoisotopic (exact) mass is 456 g/mol. The van der Waals surface area contributed by atoms with E-state index in [4.69, 9.17) is 28.7 Å². The largest absolute Gasteiger partial charge is 0.475 e. The van der Waals surface area contributed by atoms with Crippen LogP contribution in [0.3, 0.4) is 0 Å². The van der Waals surface area contributed by atoms with Crippen LogP contribution in [-0.4, -0.2) is 55.3 Å². The molecule has 3 atom stereocenters. The number of hydrogen-bond acceptors (Lipinski definition) is 8. The van der Waals surface area contributed by atoms with Crippen molar-refractivity contribution in [2.24, 2.45) is 0 Å². The predicted molar refractivity (Wildman–Crippen MR) is 118 cm³/mol. The number of aryl methyl sites for hydroxylation is 1. The molecule has 2 aromatic rings. The Hall–Kier alpha value is -2.59. The summed E-state index contributed by atoms with van der Waals surface area (Å²) in [6.45, 7) is 4.51. The Morgan fingerprint density at radius 1 is 1.21 bits per heavy atom. The minimum Gasteiger partial charge on any atom is -0.475 e. The fraction of sp³-hybridized carbons (Fsp3) is 0.542. The van der Waals surface area contributed by atoms with Gasteiger partial charge in [0.15, 0.2) is 6.29 Å². The van der Waals surface area contributed by atoms with Crippen molar-refractivity contribution in [3.05, 3.63) is 51.7 Å². The highest BCUT2D eigenvalue weighted by Crippen LogP contribution is 2.51. The van der Waals surface area contributed by atoms with E-state index < -0.39 is 5.60 Å². The second-order valence-electron chi connectivity index (χ2n) is 8.67. The summed E-state index contributed by atoms with van der Waals surface area (Å²) in [5.41, 5.74) is 2.84. The minimum atomic E-state index is -0.479. The molecule has 33 heavy (non-hydrogen) atoms. The maximum Gasteiger partial charge on any atom is 0.270 e. The number of nitro benzene ring substituents is 1. The molecule has 0 amide bonds. The lowest BCUT2D eigenvalue weighted by Crippen LogP contribution is -2.26. The van der Waals surface area contributed by atoms with Crippen molar-refractivity contribution in [2.75, 3.05) is 33.0 Å². The molecule has 1 aromatic carbocycles. The van der Waals surface area contributed by atoms with Gasteiger partial charge in [-0.3, -0.25) is 10.1 Å². The molecule has 176 valence electrons. The molecule has 0 radical (unpaired) electrons. The Morgan fingerprint density at radius 3 is 2.91 bits per heavy atom. The molecule has 3 aliphatic heterocycles. The summed E-state index contributed by atoms with van der Waals surface area (Å²) in [6, 6.07) is 8.64. The van der Waals surface area contributed by atoms with Gasteiger partial charge < -0.3 is 23.7 Å². The lowest BCUT2D eigenvalue weighted by Gasteiger charge is -2.22. The van der Waals surface area contributed by atoms with Gasteiger partial charge in [0, 0.05) is 37.8 Å². The molecule has 3 fully saturated rings. The standard InChI is InChI=1S/C24H28N2O7/c1-16-5-6-18(26(27)28)14-19(16)17-12-20(24-7-9-29-15-21(24)33-24)25-22(13-17)30-10-11-32-23-4-2-3-8-31-23/h5-6,12-14,21,23H,2-4,7-11,15H2,1H3. The maximum absolute atomic E-state index is 11.4. The predicted octanol–water partition coefficient (Wildman–Crippen LogP) is 3.90. The van der Waals surface area contributed by atoms with Crippen LogP contribution in [0, 0.1) is 17.0 Å². The summed E-state index contributed by atoms with van der Waals surface area (Å²) in [5.74, 6) is 0.441. The fourth-order valence-electron chi connectivity index (χ4n) is 4.53. The lowest BCUT2D eigenvalue weighted by atomic mass is 9.92. The third-order valence-electron chi connectivity index (χ3n) is 6.46. The molecule has 0 saturated carbocycles. The number of non-ortho nitro benzene ring substituents is 1. The van der Waals surface area contributed by atoms with Crippen molar-refractivity contribution < 1.29 is 28.6 Å². The van der Waals surface area contributed by atoms with Crippen LogP contribution in [0.2, 0.25) is 0 Å². The zero-order valence-corrected chi connectivity index (χ0v) is 18.7. The first kappa shape index (κ1) is 22.2. The zero-order chi connectivity index (χ0) is 22.8. The van der Waals surface area contributed by atoms with E-state index in [0.29, 0.717) is 38.7 Å². The van der Waals surface area contributed by atoms with E-state index in [1.807, 2.05) is 19.1 Å². The Bertz CT molecular complexity index is 1020. The zero-order valence-electron chi connectivity index (χ0n) is 18.7. The number of rotatable bonds is 8. The van der Waals surface area contributed by atoms with E-state index >= 15 is 0 Å². The molecular weight excluding hydrogens is 428 g/mol. The molecule has 0 bridgehead atoms. The van der Waals surface area contributed by atoms with Gasteiger partial charge in [0.05, 0.1) is 23.8 Å². The topological polar surface area (TPSA) is 105 Å². The number of benzene rings is 1. The average Bonchev–Trinajstić information content (AvgIpc) is 3.59. The molecule has 0 N–H and O–H groups in total. The number of epoxide rings is 1. The molecule has 3 unspecified atom stereocenters. The first-order valence-corrected chi connectivity index (χ1v) is 11.4. The third kappa shape index (κ3) is 4.72. The van der Waals surface area contributed by atoms with E-state index in [-0.39, 0.29) is 23.0 Å². The van der Waals surface area contributed by atoms with Crippen molar-refractivity contribution >= 4 is 5.69 Å². The minimum absolute atomic E-state index is 0.0279. The maximum atomic E-state index is 11.4. The first-order valence-electron chi connectivity index (χ1n) is 11.4. The smallest absolute Gasteiger partial charge is 0.270 e. The molecule has 5 rings (SSSR count). The van der Waals surface area contributed by atoms with Crippen LogP contribution in [-0.2, 0) is 24.5 Å². The quantitative estimate of drug-likeness (QED) is 0.255. The molecule has 0 spiro atoms. The van der Waals surface area contributed by atoms with Gasteiger partial charge in [-0.25, -0.2) is 4.98 Å². The SMILES string of the molecule is Cc1ccc([N+](=O)[O-])cc1-c1cc(OCCOC2CCCCO2)nc(C23CCOCC2O3)c1. The van der Waals surface area contributed by atoms with Crippen molar-refractivity contribution in [1.82, 2.24) is 4.98 Å². The summed E-state index contributed by atoms with van der Waals surface area (Å²) >= 11 is 0. The van der Waals surface area contributed by atoms with Crippen LogP contribution in [0.4, 0.5) is 5.69 Å². The van der Waals surface area contributed by atoms with Crippen LogP contribution in [0.5, 0.6) is 5.88 Å². The second-order valence-corrected chi connectivity index (χ2v) is 8.67. The normalized spacial score (nSPS) is 26.5. The van der Waals surface area contributed by atoms with Crippen molar-refractivity contribution in [1.29, 1.82) is 0 Å². The average molecular weight is 456 g/mol. The van der Waals surface area contributed by atoms with Gasteiger partial charge in [0.25, 0.3) is 5.69 Å². The third-order valence-corrected chi connectivity index (χ3v) is 6.46. The van der Waals surface area contributed by atoms with Crippen LogP contribution in [0.1, 0.15) is 36.9 Å². The van der Waals surface area contributed by atoms with Crippen LogP contribution < -0.4 is 4.74 Å². The summed E-state index contributed by atoms with van der Waals surface area (Å²) in [4.78, 5) is 15.7. The summed E-state index contributed by atoms with van der Waals surface area (Å²) in [5, 5.41) is 11.4. The first-order chi connectivity index (χ1) is 16.0. The van der Waals surface area contributed by atoms with Crippen molar-refractivity contribution in [3.63, 3.8) is 0 Å². The van der Waals surface area contributed by atoms with E-state index in [9.17, 15) is 10.1 Å². The number of aromatic nitrogens is 1. The Morgan fingerprint density at radius 2 is 2.12 bits per heavy atom. The van der Waals surface area contributed by atoms with Gasteiger partial charge in [-0.05, 0) is 48.9 Å². The molecule has 3 aliphatic rings. The van der Waals surface area contributed by atoms with E-state index in [1.165, 1.54) is 6.07 Å². The van der Waals surface area contributed by atoms with Crippen LogP contribution in [0.15, 0.2) is 30.3 Å². The van der Waals surface area contributed by atoms with Gasteiger partial charge >= 0.3 is 0 Å². The molecule has 9 heteroatoms. The summed E-state index contributed by atoms with van der Waals surface area (Å²) in [6.07, 6.45) is 3.58. The van der Waals surface area contributed by atoms with Gasteiger partial charge in [-0.15, -0.1) is 0 Å². The van der Waals surface area contributed by atoms with E-state index in [0.717, 1.165) is 48.3 Å². The van der Waals surface area contributed by atoms with Crippen LogP contribution >= 0.6 is 0 Å². The van der Waals surface area contributed by atoms with Gasteiger partial charge in [0.2, 0.25) is 5.88 Å². The van der Waals surface area contributed by atoms with Crippen LogP contribution in [0.25, 0.3) is 11.1 Å². The van der Waals surface area contributed by atoms with Gasteiger partial charge in [0.1, 0.15) is 18.3 Å². The Labute approximate surface area is 192 Å². The molecular formula is C24H28N2O7.